The topological polar surface area (TPSA) is 193 Å². The average molecular weight is 782 g/mol. The Morgan fingerprint density at radius 2 is 1.75 bits per heavy atom. The Morgan fingerprint density at radius 1 is 1.02 bits per heavy atom. The van der Waals surface area contributed by atoms with Crippen LogP contribution < -0.4 is 11.2 Å². The van der Waals surface area contributed by atoms with E-state index in [-0.39, 0.29) is 39.9 Å². The van der Waals surface area contributed by atoms with Crippen LogP contribution in [-0.4, -0.2) is 75.9 Å². The van der Waals surface area contributed by atoms with Gasteiger partial charge in [-0.1, -0.05) is 52.0 Å². The molecule has 3 heterocycles. The van der Waals surface area contributed by atoms with Crippen LogP contribution in [0.1, 0.15) is 111 Å². The van der Waals surface area contributed by atoms with Crippen molar-refractivity contribution in [3.8, 4) is 0 Å². The number of aromatic amines is 1. The van der Waals surface area contributed by atoms with Crippen molar-refractivity contribution in [3.63, 3.8) is 0 Å². The lowest BCUT2D eigenvalue weighted by Gasteiger charge is -2.73. The number of nitrogens with zero attached hydrogens (tertiary/aromatic N) is 4. The van der Waals surface area contributed by atoms with Gasteiger partial charge in [0.25, 0.3) is 5.56 Å². The summed E-state index contributed by atoms with van der Waals surface area (Å²) in [5.74, 6) is 0.385. The molecule has 0 unspecified atom stereocenters. The van der Waals surface area contributed by atoms with Crippen molar-refractivity contribution in [3.05, 3.63) is 57.1 Å². The quantitative estimate of drug-likeness (QED) is 0.249. The molecule has 13 nitrogen and oxygen atoms in total. The van der Waals surface area contributed by atoms with E-state index in [4.69, 9.17) is 4.74 Å². The summed E-state index contributed by atoms with van der Waals surface area (Å²) in [4.78, 5) is 39.3. The van der Waals surface area contributed by atoms with Gasteiger partial charge >= 0.3 is 11.7 Å². The maximum atomic E-state index is 15.6. The van der Waals surface area contributed by atoms with Crippen molar-refractivity contribution in [2.45, 2.75) is 136 Å². The van der Waals surface area contributed by atoms with Crippen molar-refractivity contribution < 1.29 is 34.3 Å². The minimum Gasteiger partial charge on any atom is -0.481 e. The first-order valence-electron chi connectivity index (χ1n) is 20.6. The van der Waals surface area contributed by atoms with E-state index < -0.39 is 65.0 Å². The van der Waals surface area contributed by atoms with Gasteiger partial charge in [0.15, 0.2) is 12.4 Å². The lowest BCUT2D eigenvalue weighted by Crippen LogP contribution is -2.68. The molecule has 5 saturated carbocycles. The largest absolute Gasteiger partial charge is 0.481 e. The van der Waals surface area contributed by atoms with E-state index in [2.05, 4.69) is 63.4 Å². The van der Waals surface area contributed by atoms with Crippen molar-refractivity contribution >= 4 is 5.97 Å². The summed E-state index contributed by atoms with van der Waals surface area (Å²) in [6.45, 7) is 17.3. The number of H-pyrrole nitrogens is 1. The third-order valence-corrected chi connectivity index (χ3v) is 17.7. The molecular weight excluding hydrogens is 721 g/mol. The lowest BCUT2D eigenvalue weighted by molar-refractivity contribution is -0.256. The number of carboxylic acid groups (broad SMARTS) is 1. The number of aliphatic hydroxyl groups is 3. The zero-order valence-corrected chi connectivity index (χ0v) is 33.6. The van der Waals surface area contributed by atoms with Crippen LogP contribution in [0.15, 0.2) is 40.2 Å². The summed E-state index contributed by atoms with van der Waals surface area (Å²) < 4.78 is 23.4. The smallest absolute Gasteiger partial charge is 0.330 e. The molecule has 15 atom stereocenters. The third kappa shape index (κ3) is 5.12. The van der Waals surface area contributed by atoms with E-state index in [0.29, 0.717) is 30.4 Å². The molecule has 308 valence electrons. The molecule has 6 fully saturated rings. The van der Waals surface area contributed by atoms with Crippen LogP contribution in [-0.2, 0) is 21.7 Å². The minimum absolute atomic E-state index is 0.0310. The number of nitrogens with one attached hydrogen (secondary N) is 1. The number of ether oxygens (including phenoxy) is 1. The number of fused-ring (bicyclic) bond motifs is 7. The van der Waals surface area contributed by atoms with Crippen LogP contribution in [0.25, 0.3) is 0 Å². The molecule has 2 aromatic rings. The van der Waals surface area contributed by atoms with Gasteiger partial charge in [0.05, 0.1) is 30.0 Å². The summed E-state index contributed by atoms with van der Waals surface area (Å²) in [5.41, 5.74) is -3.44. The highest BCUT2D eigenvalue weighted by Gasteiger charge is 2.72. The van der Waals surface area contributed by atoms with Gasteiger partial charge in [0.2, 0.25) is 5.72 Å². The van der Waals surface area contributed by atoms with E-state index in [1.165, 1.54) is 6.20 Å². The lowest BCUT2D eigenvalue weighted by atomic mass is 9.31. The second-order valence-corrected chi connectivity index (χ2v) is 20.2. The molecular formula is C42H60FN5O8. The molecule has 0 aromatic carbocycles. The standard InChI is InChI=1S/C42H60FN5O8/c1-22(2)25-10-14-41(35(53)54)16-15-39(6)26(30(25)41)8-9-28-38(5)19-23(32(51)37(3,4)27(38)11-13-40(28,39)7)18-24-20-48(46-45-24)42(21-49)33(52)31(43)34(56-42)47-17-12-29(50)44-36(47)55/h12,17,20,23,25-28,30-34,49,51-52H,1,8-11,13-16,18-19,21H2,2-7H3,(H,53,54)(H,44,50,55)/t23-,25+,26-,27+,28-,30-,31+,32+,33+,34-,38+,39-,40-,41+,42-/m1/s1. The van der Waals surface area contributed by atoms with E-state index in [9.17, 15) is 34.8 Å². The fraction of sp³-hybridized carbons (Fsp3) is 0.786. The minimum atomic E-state index is -2.15. The number of alkyl halides is 1. The van der Waals surface area contributed by atoms with Crippen LogP contribution >= 0.6 is 0 Å². The van der Waals surface area contributed by atoms with Crippen LogP contribution in [0, 0.1) is 62.6 Å². The van der Waals surface area contributed by atoms with E-state index in [0.717, 1.165) is 78.5 Å². The first-order valence-corrected chi connectivity index (χ1v) is 20.6. The van der Waals surface area contributed by atoms with E-state index in [1.54, 1.807) is 0 Å². The highest BCUT2D eigenvalue weighted by atomic mass is 19.1. The molecule has 5 aliphatic carbocycles. The van der Waals surface area contributed by atoms with Crippen LogP contribution in [0.4, 0.5) is 4.39 Å². The Hall–Kier alpha value is -3.20. The molecule has 14 heteroatoms. The number of rotatable bonds is 7. The van der Waals surface area contributed by atoms with Gasteiger partial charge in [0.1, 0.15) is 6.10 Å². The first-order chi connectivity index (χ1) is 26.2. The molecule has 1 aliphatic heterocycles. The van der Waals surface area contributed by atoms with Gasteiger partial charge in [-0.05, 0) is 128 Å². The van der Waals surface area contributed by atoms with Crippen LogP contribution in [0.3, 0.4) is 0 Å². The number of allylic oxidation sites excluding steroid dienone is 1. The summed E-state index contributed by atoms with van der Waals surface area (Å²) in [7, 11) is 0. The Kier molecular flexibility index (Phi) is 9.13. The van der Waals surface area contributed by atoms with Gasteiger partial charge in [-0.3, -0.25) is 19.1 Å². The van der Waals surface area contributed by atoms with E-state index in [1.807, 2.05) is 0 Å². The molecule has 0 amide bonds. The zero-order valence-electron chi connectivity index (χ0n) is 33.6. The Bertz CT molecular complexity index is 2030. The van der Waals surface area contributed by atoms with Crippen molar-refractivity contribution in [1.29, 1.82) is 0 Å². The number of hydrogen-bond acceptors (Lipinski definition) is 9. The molecule has 1 saturated heterocycles. The normalized spacial score (nSPS) is 46.7. The highest BCUT2D eigenvalue weighted by molar-refractivity contribution is 5.76. The third-order valence-electron chi connectivity index (χ3n) is 17.7. The second-order valence-electron chi connectivity index (χ2n) is 20.2. The maximum Gasteiger partial charge on any atom is 0.330 e. The summed E-state index contributed by atoms with van der Waals surface area (Å²) in [6.07, 6.45) is 4.50. The van der Waals surface area contributed by atoms with Gasteiger partial charge in [-0.25, -0.2) is 13.9 Å². The monoisotopic (exact) mass is 781 g/mol. The molecule has 0 spiro atoms. The van der Waals surface area contributed by atoms with Crippen molar-refractivity contribution in [2.75, 3.05) is 6.61 Å². The number of aromatic nitrogens is 5. The number of hydrogen-bond donors (Lipinski definition) is 5. The Labute approximate surface area is 326 Å². The summed E-state index contributed by atoms with van der Waals surface area (Å²) in [6, 6.07) is 1.03. The Balaban J connectivity index is 1.08. The predicted molar refractivity (Wildman–Crippen MR) is 203 cm³/mol. The second kappa shape index (κ2) is 12.9. The molecule has 0 radical (unpaired) electrons. The number of aliphatic carboxylic acids is 1. The fourth-order valence-corrected chi connectivity index (χ4v) is 14.9. The molecule has 8 rings (SSSR count). The van der Waals surface area contributed by atoms with Crippen LogP contribution in [0.2, 0.25) is 0 Å². The molecule has 0 bridgehead atoms. The predicted octanol–water partition coefficient (Wildman–Crippen LogP) is 4.57. The number of carboxylic acids is 1. The molecule has 5 N–H and O–H groups in total. The molecule has 2 aromatic heterocycles. The molecule has 56 heavy (non-hydrogen) atoms. The van der Waals surface area contributed by atoms with Crippen LogP contribution in [0.5, 0.6) is 0 Å². The average Bonchev–Trinajstić information content (AvgIpc) is 3.83. The molecule has 6 aliphatic rings. The SMILES string of the molecule is C=C(C)[C@@H]1CC[C@]2(C(=O)O)CC[C@]3(C)[C@H](CC[C@@H]4[C@@]5(C)C[C@@H](Cc6cn([C@]7(CO)O[C@@H](n8ccc(=O)[nH]c8=O)[C@@H](F)[C@@H]7O)nn6)[C@H](O)C(C)(C)[C@@H]5CC[C@]43C)[C@@H]12. The number of aliphatic hydroxyl groups excluding tert-OH is 3. The maximum absolute atomic E-state index is 15.6. The van der Waals surface area contributed by atoms with Gasteiger partial charge < -0.3 is 25.2 Å². The number of carbonyl (C=O) groups is 1. The van der Waals surface area contributed by atoms with Gasteiger partial charge in [0, 0.05) is 12.3 Å². The fourth-order valence-electron chi connectivity index (χ4n) is 14.9. The van der Waals surface area contributed by atoms with Gasteiger partial charge in [-0.2, -0.15) is 0 Å². The highest BCUT2D eigenvalue weighted by Crippen LogP contribution is 2.78. The Morgan fingerprint density at radius 3 is 2.41 bits per heavy atom. The van der Waals surface area contributed by atoms with E-state index >= 15 is 4.39 Å². The number of halogens is 1. The first kappa shape index (κ1) is 39.6. The van der Waals surface area contributed by atoms with Crippen molar-refractivity contribution in [1.82, 2.24) is 24.5 Å². The summed E-state index contributed by atoms with van der Waals surface area (Å²) in [5, 5.41) is 53.1. The van der Waals surface area contributed by atoms with Crippen molar-refractivity contribution in [2.24, 2.45) is 62.6 Å². The van der Waals surface area contributed by atoms with Gasteiger partial charge in [-0.15, -0.1) is 5.10 Å². The zero-order chi connectivity index (χ0) is 40.5. The summed E-state index contributed by atoms with van der Waals surface area (Å²) >= 11 is 0.